The van der Waals surface area contributed by atoms with Crippen molar-refractivity contribution in [2.45, 2.75) is 44.3 Å². The van der Waals surface area contributed by atoms with Crippen LogP contribution in [-0.4, -0.2) is 47.2 Å². The molecule has 2 N–H and O–H groups in total. The summed E-state index contributed by atoms with van der Waals surface area (Å²) in [4.78, 5) is 24.4. The normalized spacial score (nSPS) is 16.6. The molecule has 2 aliphatic rings. The number of nitrogens with one attached hydrogen (secondary N) is 1. The van der Waals surface area contributed by atoms with Gasteiger partial charge in [-0.1, -0.05) is 30.7 Å². The van der Waals surface area contributed by atoms with Gasteiger partial charge in [0.25, 0.3) is 5.91 Å². The largest absolute Gasteiger partial charge is 0.490 e. The summed E-state index contributed by atoms with van der Waals surface area (Å²) in [5, 5.41) is 13.2. The number of carboxylic acid groups (broad SMARTS) is 1. The number of nitrogens with zero attached hydrogens (tertiary/aromatic N) is 1. The lowest BCUT2D eigenvalue weighted by Crippen LogP contribution is -2.41. The van der Waals surface area contributed by atoms with Crippen molar-refractivity contribution in [3.63, 3.8) is 0 Å². The van der Waals surface area contributed by atoms with Crippen LogP contribution in [0.4, 0.5) is 18.9 Å². The Labute approximate surface area is 199 Å². The highest BCUT2D eigenvalue weighted by Crippen LogP contribution is 2.29. The van der Waals surface area contributed by atoms with Crippen LogP contribution in [0.3, 0.4) is 0 Å². The molecule has 1 fully saturated rings. The number of halogens is 3. The van der Waals surface area contributed by atoms with E-state index in [0.717, 1.165) is 46.8 Å². The zero-order valence-corrected chi connectivity index (χ0v) is 19.2. The predicted octanol–water partition coefficient (Wildman–Crippen LogP) is 5.74. The smallest absolute Gasteiger partial charge is 0.475 e. The average Bonchev–Trinajstić information content (AvgIpc) is 3.09. The molecule has 1 aromatic heterocycles. The van der Waals surface area contributed by atoms with E-state index < -0.39 is 12.1 Å². The van der Waals surface area contributed by atoms with E-state index in [4.69, 9.17) is 9.90 Å². The quantitative estimate of drug-likeness (QED) is 0.491. The number of amides is 1. The van der Waals surface area contributed by atoms with Crippen LogP contribution in [0.15, 0.2) is 47.8 Å². The molecule has 1 saturated carbocycles. The number of hydrogen-bond acceptors (Lipinski definition) is 4. The van der Waals surface area contributed by atoms with Crippen LogP contribution in [0.1, 0.15) is 40.7 Å². The third-order valence-electron chi connectivity index (χ3n) is 6.36. The molecule has 0 spiro atoms. The molecular weight excluding hydrogens is 465 g/mol. The number of carboxylic acids is 1. The number of carbonyl (C=O) groups is 2. The van der Waals surface area contributed by atoms with Gasteiger partial charge in [-0.2, -0.15) is 13.2 Å². The number of carbonyl (C=O) groups excluding carboxylic acids is 1. The maximum atomic E-state index is 12.8. The number of alkyl halides is 3. The van der Waals surface area contributed by atoms with Crippen molar-refractivity contribution in [2.75, 3.05) is 18.4 Å². The molecule has 9 heteroatoms. The zero-order valence-electron chi connectivity index (χ0n) is 18.4. The zero-order chi connectivity index (χ0) is 24.3. The maximum Gasteiger partial charge on any atom is 0.490 e. The number of anilines is 1. The minimum Gasteiger partial charge on any atom is -0.475 e. The molecule has 2 heterocycles. The van der Waals surface area contributed by atoms with E-state index in [1.807, 2.05) is 23.6 Å². The van der Waals surface area contributed by atoms with E-state index in [1.165, 1.54) is 36.9 Å². The number of benzene rings is 2. The highest BCUT2D eigenvalue weighted by molar-refractivity contribution is 7.17. The van der Waals surface area contributed by atoms with E-state index in [1.54, 1.807) is 11.3 Å². The molecular formula is C25H25F3N2O3S. The molecule has 1 aliphatic heterocycles. The Kier molecular flexibility index (Phi) is 7.23. The first-order valence-electron chi connectivity index (χ1n) is 11.2. The number of rotatable bonds is 3. The summed E-state index contributed by atoms with van der Waals surface area (Å²) in [5.41, 5.74) is 4.51. The van der Waals surface area contributed by atoms with Crippen LogP contribution < -0.4 is 5.32 Å². The van der Waals surface area contributed by atoms with Gasteiger partial charge in [-0.05, 0) is 55.0 Å². The molecule has 0 bridgehead atoms. The van der Waals surface area contributed by atoms with E-state index in [0.29, 0.717) is 0 Å². The van der Waals surface area contributed by atoms with E-state index in [2.05, 4.69) is 34.5 Å². The van der Waals surface area contributed by atoms with Crippen LogP contribution >= 0.6 is 11.3 Å². The fraction of sp³-hybridized carbons (Fsp3) is 0.360. The third-order valence-corrected chi connectivity index (χ3v) is 7.32. The van der Waals surface area contributed by atoms with Crippen molar-refractivity contribution in [2.24, 2.45) is 0 Å². The summed E-state index contributed by atoms with van der Waals surface area (Å²) >= 11 is 1.62. The van der Waals surface area contributed by atoms with Crippen LogP contribution in [0.5, 0.6) is 0 Å². The van der Waals surface area contributed by atoms with Gasteiger partial charge in [0.15, 0.2) is 0 Å². The summed E-state index contributed by atoms with van der Waals surface area (Å²) in [6.45, 7) is 2.31. The van der Waals surface area contributed by atoms with Crippen LogP contribution in [-0.2, 0) is 17.6 Å². The first-order valence-corrected chi connectivity index (χ1v) is 12.0. The van der Waals surface area contributed by atoms with Crippen LogP contribution in [0.25, 0.3) is 10.1 Å². The number of hydrogen-bond donors (Lipinski definition) is 2. The molecule has 1 aliphatic carbocycles. The Morgan fingerprint density at radius 3 is 2.35 bits per heavy atom. The topological polar surface area (TPSA) is 69.6 Å². The molecule has 180 valence electrons. The van der Waals surface area contributed by atoms with Gasteiger partial charge >= 0.3 is 12.1 Å². The SMILES string of the molecule is O=C(Nc1ccc2c(c1)CCN(C1CCC1)CC2)c1csc2ccccc12.O=C(O)C(F)(F)F. The van der Waals surface area contributed by atoms with Crippen molar-refractivity contribution < 1.29 is 27.9 Å². The molecule has 34 heavy (non-hydrogen) atoms. The van der Waals surface area contributed by atoms with Crippen molar-refractivity contribution in [1.82, 2.24) is 4.90 Å². The van der Waals surface area contributed by atoms with E-state index in [-0.39, 0.29) is 5.91 Å². The predicted molar refractivity (Wildman–Crippen MR) is 127 cm³/mol. The minimum atomic E-state index is -5.08. The first-order chi connectivity index (χ1) is 16.2. The Morgan fingerprint density at radius 1 is 1.03 bits per heavy atom. The van der Waals surface area contributed by atoms with Gasteiger partial charge in [0.05, 0.1) is 5.56 Å². The highest BCUT2D eigenvalue weighted by Gasteiger charge is 2.38. The summed E-state index contributed by atoms with van der Waals surface area (Å²) in [6.07, 6.45) is 1.24. The molecule has 0 saturated heterocycles. The molecule has 5 rings (SSSR count). The third kappa shape index (κ3) is 5.59. The standard InChI is InChI=1S/C23H24N2OS.C2HF3O2/c26-23(21-15-27-22-7-2-1-6-20(21)22)24-18-9-8-16-10-12-25(19-4-3-5-19)13-11-17(16)14-18;3-2(4,5)1(6)7/h1-2,6-9,14-15,19H,3-5,10-13H2,(H,24,26);(H,6,7). The Morgan fingerprint density at radius 2 is 1.71 bits per heavy atom. The second-order valence-electron chi connectivity index (χ2n) is 8.51. The molecule has 0 atom stereocenters. The van der Waals surface area contributed by atoms with Gasteiger partial charge in [0.1, 0.15) is 0 Å². The average molecular weight is 491 g/mol. The first kappa shape index (κ1) is 24.2. The fourth-order valence-corrected chi connectivity index (χ4v) is 5.23. The van der Waals surface area contributed by atoms with Gasteiger partial charge in [-0.15, -0.1) is 11.3 Å². The van der Waals surface area contributed by atoms with Gasteiger partial charge in [0, 0.05) is 40.3 Å². The number of aliphatic carboxylic acids is 1. The molecule has 1 amide bonds. The second-order valence-corrected chi connectivity index (χ2v) is 9.42. The fourth-order valence-electron chi connectivity index (χ4n) is 4.29. The van der Waals surface area contributed by atoms with Crippen molar-refractivity contribution >= 4 is 39.0 Å². The lowest BCUT2D eigenvalue weighted by atomic mass is 9.91. The summed E-state index contributed by atoms with van der Waals surface area (Å²) in [7, 11) is 0. The van der Waals surface area contributed by atoms with Gasteiger partial charge < -0.3 is 10.4 Å². The number of thiophene rings is 1. The van der Waals surface area contributed by atoms with Crippen molar-refractivity contribution in [1.29, 1.82) is 0 Å². The molecule has 0 radical (unpaired) electrons. The lowest BCUT2D eigenvalue weighted by molar-refractivity contribution is -0.192. The van der Waals surface area contributed by atoms with E-state index in [9.17, 15) is 18.0 Å². The van der Waals surface area contributed by atoms with E-state index >= 15 is 0 Å². The maximum absolute atomic E-state index is 12.8. The highest BCUT2D eigenvalue weighted by atomic mass is 32.1. The molecule has 5 nitrogen and oxygen atoms in total. The summed E-state index contributed by atoms with van der Waals surface area (Å²) in [6, 6.07) is 15.4. The van der Waals surface area contributed by atoms with Crippen LogP contribution in [0.2, 0.25) is 0 Å². The van der Waals surface area contributed by atoms with Gasteiger partial charge in [-0.25, -0.2) is 4.79 Å². The lowest BCUT2D eigenvalue weighted by Gasteiger charge is -2.36. The van der Waals surface area contributed by atoms with Crippen LogP contribution in [0, 0.1) is 0 Å². The minimum absolute atomic E-state index is 0.0166. The summed E-state index contributed by atoms with van der Waals surface area (Å²) < 4.78 is 32.9. The Balaban J connectivity index is 0.000000344. The molecule has 2 aromatic carbocycles. The Bertz CT molecular complexity index is 1190. The molecule has 0 unspecified atom stereocenters. The van der Waals surface area contributed by atoms with Gasteiger partial charge in [-0.3, -0.25) is 9.69 Å². The summed E-state index contributed by atoms with van der Waals surface area (Å²) in [5.74, 6) is -2.77. The van der Waals surface area contributed by atoms with Gasteiger partial charge in [0.2, 0.25) is 0 Å². The van der Waals surface area contributed by atoms with Crippen molar-refractivity contribution in [3.05, 3.63) is 64.5 Å². The monoisotopic (exact) mass is 490 g/mol. The number of fused-ring (bicyclic) bond motifs is 2. The second kappa shape index (κ2) is 10.1. The Hall–Kier alpha value is -2.91. The molecule has 3 aromatic rings. The van der Waals surface area contributed by atoms with Crippen molar-refractivity contribution in [3.8, 4) is 0 Å².